The van der Waals surface area contributed by atoms with Crippen molar-refractivity contribution >= 4 is 38.9 Å². The van der Waals surface area contributed by atoms with E-state index in [2.05, 4.69) is 61.8 Å². The van der Waals surface area contributed by atoms with Crippen molar-refractivity contribution in [1.29, 1.82) is 0 Å². The van der Waals surface area contributed by atoms with Crippen molar-refractivity contribution in [3.05, 3.63) is 56.2 Å². The largest absolute Gasteiger partial charge is 0.146 e. The molecule has 0 saturated carbocycles. The summed E-state index contributed by atoms with van der Waals surface area (Å²) in [7, 11) is 0. The second-order valence-electron chi connectivity index (χ2n) is 5.69. The van der Waals surface area contributed by atoms with E-state index in [4.69, 9.17) is 11.6 Å². The van der Waals surface area contributed by atoms with Crippen LogP contribution in [0.3, 0.4) is 0 Å². The van der Waals surface area contributed by atoms with Gasteiger partial charge in [0.1, 0.15) is 0 Å². The molecular formula is C17H20BrClS. The highest BCUT2D eigenvalue weighted by atomic mass is 79.9. The van der Waals surface area contributed by atoms with E-state index in [-0.39, 0.29) is 4.83 Å². The molecular weight excluding hydrogens is 352 g/mol. The SMILES string of the molecule is CC(C)c1ccc(C(Br)c2sccc2Cl)c(C(C)C)c1. The van der Waals surface area contributed by atoms with Crippen molar-refractivity contribution in [2.75, 3.05) is 0 Å². The van der Waals surface area contributed by atoms with Gasteiger partial charge in [-0.25, -0.2) is 0 Å². The minimum absolute atomic E-state index is 0.175. The molecule has 2 aromatic rings. The number of rotatable bonds is 4. The van der Waals surface area contributed by atoms with Crippen LogP contribution in [0.1, 0.15) is 65.9 Å². The fourth-order valence-corrected chi connectivity index (χ4v) is 4.59. The first-order chi connectivity index (χ1) is 9.41. The molecule has 0 aliphatic rings. The van der Waals surface area contributed by atoms with Crippen LogP contribution in [-0.2, 0) is 0 Å². The van der Waals surface area contributed by atoms with Gasteiger partial charge in [0.25, 0.3) is 0 Å². The predicted octanol–water partition coefficient (Wildman–Crippen LogP) is 7.13. The summed E-state index contributed by atoms with van der Waals surface area (Å²) in [5.74, 6) is 1.06. The molecule has 0 spiro atoms. The summed E-state index contributed by atoms with van der Waals surface area (Å²) in [6.45, 7) is 8.97. The molecule has 2 rings (SSSR count). The lowest BCUT2D eigenvalue weighted by Gasteiger charge is -2.19. The van der Waals surface area contributed by atoms with Crippen molar-refractivity contribution in [3.63, 3.8) is 0 Å². The molecule has 1 atom stereocenters. The Morgan fingerprint density at radius 1 is 1.00 bits per heavy atom. The third-order valence-corrected chi connectivity index (χ3v) is 6.23. The summed E-state index contributed by atoms with van der Waals surface area (Å²) in [5.41, 5.74) is 4.13. The summed E-state index contributed by atoms with van der Waals surface area (Å²) >= 11 is 11.8. The second-order valence-corrected chi connectivity index (χ2v) is 7.96. The van der Waals surface area contributed by atoms with Crippen molar-refractivity contribution in [1.82, 2.24) is 0 Å². The van der Waals surface area contributed by atoms with Crippen molar-refractivity contribution in [3.8, 4) is 0 Å². The summed E-state index contributed by atoms with van der Waals surface area (Å²) in [6, 6.07) is 8.80. The maximum atomic E-state index is 6.28. The Morgan fingerprint density at radius 3 is 2.20 bits per heavy atom. The Bertz CT molecular complexity index is 586. The van der Waals surface area contributed by atoms with Gasteiger partial charge >= 0.3 is 0 Å². The summed E-state index contributed by atoms with van der Waals surface area (Å²) < 4.78 is 0. The van der Waals surface area contributed by atoms with E-state index in [1.165, 1.54) is 21.6 Å². The van der Waals surface area contributed by atoms with Crippen LogP contribution in [-0.4, -0.2) is 0 Å². The van der Waals surface area contributed by atoms with Gasteiger partial charge in [0, 0.05) is 4.88 Å². The first-order valence-corrected chi connectivity index (χ1v) is 9.09. The van der Waals surface area contributed by atoms with Crippen LogP contribution in [0, 0.1) is 0 Å². The summed E-state index contributed by atoms with van der Waals surface area (Å²) in [5, 5.41) is 2.89. The fourth-order valence-electron chi connectivity index (χ4n) is 2.31. The highest BCUT2D eigenvalue weighted by Gasteiger charge is 2.20. The Labute approximate surface area is 139 Å². The first kappa shape index (κ1) is 16.1. The monoisotopic (exact) mass is 370 g/mol. The maximum absolute atomic E-state index is 6.28. The van der Waals surface area contributed by atoms with E-state index >= 15 is 0 Å². The molecule has 3 heteroatoms. The average molecular weight is 372 g/mol. The van der Waals surface area contributed by atoms with Crippen LogP contribution in [0.15, 0.2) is 29.6 Å². The minimum Gasteiger partial charge on any atom is -0.146 e. The van der Waals surface area contributed by atoms with E-state index in [0.717, 1.165) is 5.02 Å². The van der Waals surface area contributed by atoms with Crippen LogP contribution in [0.25, 0.3) is 0 Å². The Morgan fingerprint density at radius 2 is 1.70 bits per heavy atom. The zero-order chi connectivity index (χ0) is 14.9. The molecule has 1 aromatic heterocycles. The minimum atomic E-state index is 0.175. The zero-order valence-electron chi connectivity index (χ0n) is 12.3. The van der Waals surface area contributed by atoms with E-state index in [9.17, 15) is 0 Å². The number of halogens is 2. The fraction of sp³-hybridized carbons (Fsp3) is 0.412. The quantitative estimate of drug-likeness (QED) is 0.501. The molecule has 0 amide bonds. The van der Waals surface area contributed by atoms with Gasteiger partial charge in [0.05, 0.1) is 9.85 Å². The third-order valence-electron chi connectivity index (χ3n) is 3.55. The van der Waals surface area contributed by atoms with Crippen molar-refractivity contribution in [2.24, 2.45) is 0 Å². The van der Waals surface area contributed by atoms with E-state index in [1.807, 2.05) is 11.4 Å². The van der Waals surface area contributed by atoms with Gasteiger partial charge in [0.2, 0.25) is 0 Å². The van der Waals surface area contributed by atoms with Gasteiger partial charge < -0.3 is 0 Å². The zero-order valence-corrected chi connectivity index (χ0v) is 15.4. The molecule has 0 aliphatic carbocycles. The lowest BCUT2D eigenvalue weighted by atomic mass is 9.90. The lowest BCUT2D eigenvalue weighted by Crippen LogP contribution is -2.02. The molecule has 1 heterocycles. The summed E-state index contributed by atoms with van der Waals surface area (Å²) in [6.07, 6.45) is 0. The van der Waals surface area contributed by atoms with Gasteiger partial charge in [-0.05, 0) is 40.0 Å². The first-order valence-electron chi connectivity index (χ1n) is 6.92. The molecule has 0 nitrogen and oxygen atoms in total. The molecule has 0 radical (unpaired) electrons. The van der Waals surface area contributed by atoms with E-state index in [1.54, 1.807) is 11.3 Å². The maximum Gasteiger partial charge on any atom is 0.0755 e. The van der Waals surface area contributed by atoms with Gasteiger partial charge in [0.15, 0.2) is 0 Å². The molecule has 0 saturated heterocycles. The smallest absolute Gasteiger partial charge is 0.0755 e. The molecule has 20 heavy (non-hydrogen) atoms. The van der Waals surface area contributed by atoms with Crippen LogP contribution < -0.4 is 0 Å². The molecule has 108 valence electrons. The van der Waals surface area contributed by atoms with E-state index in [0.29, 0.717) is 11.8 Å². The molecule has 0 fully saturated rings. The highest BCUT2D eigenvalue weighted by molar-refractivity contribution is 9.09. The molecule has 1 unspecified atom stereocenters. The van der Waals surface area contributed by atoms with Crippen LogP contribution >= 0.6 is 38.9 Å². The lowest BCUT2D eigenvalue weighted by molar-refractivity contribution is 0.821. The van der Waals surface area contributed by atoms with Crippen LogP contribution in [0.5, 0.6) is 0 Å². The van der Waals surface area contributed by atoms with Gasteiger partial charge in [-0.2, -0.15) is 0 Å². The van der Waals surface area contributed by atoms with Crippen molar-refractivity contribution in [2.45, 2.75) is 44.4 Å². The van der Waals surface area contributed by atoms with Gasteiger partial charge in [-0.15, -0.1) is 11.3 Å². The number of alkyl halides is 1. The normalized spacial score (nSPS) is 13.2. The molecule has 0 N–H and O–H groups in total. The average Bonchev–Trinajstić information content (AvgIpc) is 2.83. The van der Waals surface area contributed by atoms with Gasteiger partial charge in [-0.1, -0.05) is 73.4 Å². The predicted molar refractivity (Wildman–Crippen MR) is 94.7 cm³/mol. The number of benzene rings is 1. The van der Waals surface area contributed by atoms with Crippen LogP contribution in [0.4, 0.5) is 0 Å². The third kappa shape index (κ3) is 3.29. The standard InChI is InChI=1S/C17H20BrClS/c1-10(2)12-5-6-13(14(9-12)11(3)4)16(18)17-15(19)7-8-20-17/h5-11,16H,1-4H3. The van der Waals surface area contributed by atoms with E-state index < -0.39 is 0 Å². The molecule has 1 aromatic carbocycles. The molecule has 0 aliphatic heterocycles. The Kier molecular flexibility index (Phi) is 5.33. The van der Waals surface area contributed by atoms with Gasteiger partial charge in [-0.3, -0.25) is 0 Å². The van der Waals surface area contributed by atoms with Crippen molar-refractivity contribution < 1.29 is 0 Å². The Balaban J connectivity index is 2.48. The number of hydrogen-bond donors (Lipinski definition) is 0. The summed E-state index contributed by atoms with van der Waals surface area (Å²) in [4.78, 5) is 1.36. The number of thiophene rings is 1. The highest BCUT2D eigenvalue weighted by Crippen LogP contribution is 2.42. The molecule has 0 bridgehead atoms. The van der Waals surface area contributed by atoms with Crippen LogP contribution in [0.2, 0.25) is 5.02 Å². The second kappa shape index (κ2) is 6.64. The number of hydrogen-bond acceptors (Lipinski definition) is 1. The topological polar surface area (TPSA) is 0 Å². The Hall–Kier alpha value is -0.310.